The normalized spacial score (nSPS) is 29.4. The molecule has 2 bridgehead atoms. The van der Waals surface area contributed by atoms with Crippen LogP contribution in [0.15, 0.2) is 0 Å². The summed E-state index contributed by atoms with van der Waals surface area (Å²) in [6.07, 6.45) is 1.09. The number of sulfonamides is 2. The molecule has 6 nitrogen and oxygen atoms in total. The number of hydrogen-bond donors (Lipinski definition) is 1. The zero-order valence-corrected chi connectivity index (χ0v) is 13.1. The average molecular weight is 387 g/mol. The van der Waals surface area contributed by atoms with Crippen molar-refractivity contribution in [2.45, 2.75) is 42.9 Å². The lowest BCUT2D eigenvalue weighted by atomic mass is 9.86. The highest BCUT2D eigenvalue weighted by atomic mass is 32.3. The van der Waals surface area contributed by atoms with Crippen LogP contribution in [-0.4, -0.2) is 36.7 Å². The van der Waals surface area contributed by atoms with Gasteiger partial charge in [0.05, 0.1) is 0 Å². The summed E-state index contributed by atoms with van der Waals surface area (Å²) in [5, 5.41) is 4.01. The Morgan fingerprint density at radius 2 is 1.52 bits per heavy atom. The quantitative estimate of drug-likeness (QED) is 0.577. The maximum absolute atomic E-state index is 13.9. The van der Waals surface area contributed by atoms with Crippen LogP contribution in [0.5, 0.6) is 0 Å². The van der Waals surface area contributed by atoms with Crippen molar-refractivity contribution in [1.82, 2.24) is 3.87 Å². The first kappa shape index (κ1) is 18.8. The Morgan fingerprint density at radius 1 is 0.957 bits per heavy atom. The molecule has 0 amide bonds. The minimum absolute atomic E-state index is 0.160. The lowest BCUT2D eigenvalue weighted by molar-refractivity contribution is -0.0602. The van der Waals surface area contributed by atoms with Crippen LogP contribution in [0.2, 0.25) is 0 Å². The number of halogens is 5. The van der Waals surface area contributed by atoms with E-state index in [0.717, 1.165) is 6.42 Å². The van der Waals surface area contributed by atoms with Crippen molar-refractivity contribution >= 4 is 20.0 Å². The van der Waals surface area contributed by atoms with Crippen LogP contribution in [0, 0.1) is 17.8 Å². The van der Waals surface area contributed by atoms with Crippen LogP contribution >= 0.6 is 0 Å². The van der Waals surface area contributed by atoms with Gasteiger partial charge >= 0.3 is 30.8 Å². The highest BCUT2D eigenvalue weighted by Crippen LogP contribution is 2.52. The zero-order chi connectivity index (χ0) is 17.8. The third-order valence-electron chi connectivity index (χ3n) is 4.47. The van der Waals surface area contributed by atoms with Gasteiger partial charge in [0, 0.05) is 10.3 Å². The van der Waals surface area contributed by atoms with E-state index in [-0.39, 0.29) is 11.8 Å². The van der Waals surface area contributed by atoms with Crippen LogP contribution in [0.25, 0.3) is 0 Å². The average Bonchev–Trinajstić information content (AvgIpc) is 2.97. The Labute approximate surface area is 129 Å². The standard InChI is InChI=1S/C10H14F5NO5S2/c11-9(12,5-8-4-6-1-2-7(8)3-6)22(18,19)16(17)23(20,21)10(13,14)15/h6-8,17H,1-5H2. The molecule has 0 aliphatic heterocycles. The summed E-state index contributed by atoms with van der Waals surface area (Å²) in [7, 11) is -13.3. The molecule has 0 aromatic rings. The molecule has 3 atom stereocenters. The van der Waals surface area contributed by atoms with Crippen LogP contribution in [-0.2, 0) is 20.0 Å². The fourth-order valence-corrected chi connectivity index (χ4v) is 5.81. The monoisotopic (exact) mass is 387 g/mol. The Morgan fingerprint density at radius 3 is 1.91 bits per heavy atom. The Bertz CT molecular complexity index is 674. The van der Waals surface area contributed by atoms with Gasteiger partial charge in [0.25, 0.3) is 0 Å². The van der Waals surface area contributed by atoms with Crippen molar-refractivity contribution < 1.29 is 44.0 Å². The maximum atomic E-state index is 13.9. The predicted molar refractivity (Wildman–Crippen MR) is 66.0 cm³/mol. The van der Waals surface area contributed by atoms with E-state index in [1.165, 1.54) is 0 Å². The van der Waals surface area contributed by atoms with Gasteiger partial charge in [-0.15, -0.1) is 0 Å². The molecule has 3 unspecified atom stereocenters. The first-order valence-corrected chi connectivity index (χ1v) is 9.51. The maximum Gasteiger partial charge on any atom is 0.514 e. The molecule has 2 aliphatic carbocycles. The molecule has 2 aliphatic rings. The predicted octanol–water partition coefficient (Wildman–Crippen LogP) is 2.28. The molecule has 13 heteroatoms. The molecule has 2 saturated carbocycles. The van der Waals surface area contributed by atoms with E-state index in [1.54, 1.807) is 0 Å². The molecule has 2 fully saturated rings. The van der Waals surface area contributed by atoms with Gasteiger partial charge in [0.2, 0.25) is 0 Å². The largest absolute Gasteiger partial charge is 0.514 e. The Kier molecular flexibility index (Phi) is 4.49. The summed E-state index contributed by atoms with van der Waals surface area (Å²) < 4.78 is 107. The molecule has 0 spiro atoms. The van der Waals surface area contributed by atoms with E-state index >= 15 is 0 Å². The van der Waals surface area contributed by atoms with Crippen LogP contribution < -0.4 is 0 Å². The Hall–Kier alpha value is -0.530. The summed E-state index contributed by atoms with van der Waals surface area (Å²) in [4.78, 5) is 0. The second kappa shape index (κ2) is 5.49. The van der Waals surface area contributed by atoms with Gasteiger partial charge in [-0.25, -0.2) is 8.42 Å². The topological polar surface area (TPSA) is 91.8 Å². The summed E-state index contributed by atoms with van der Waals surface area (Å²) in [5.74, 6) is -0.722. The number of rotatable bonds is 5. The number of fused-ring (bicyclic) bond motifs is 2. The first-order chi connectivity index (χ1) is 10.2. The van der Waals surface area contributed by atoms with E-state index in [0.29, 0.717) is 19.3 Å². The molecular weight excluding hydrogens is 373 g/mol. The zero-order valence-electron chi connectivity index (χ0n) is 11.5. The van der Waals surface area contributed by atoms with Gasteiger partial charge in [-0.3, -0.25) is 5.21 Å². The van der Waals surface area contributed by atoms with Gasteiger partial charge in [0.1, 0.15) is 0 Å². The molecule has 0 aromatic heterocycles. The van der Waals surface area contributed by atoms with Crippen LogP contribution in [0.3, 0.4) is 0 Å². The van der Waals surface area contributed by atoms with Gasteiger partial charge < -0.3 is 0 Å². The molecule has 136 valence electrons. The van der Waals surface area contributed by atoms with Crippen LogP contribution in [0.4, 0.5) is 22.0 Å². The second-order valence-electron chi connectivity index (χ2n) is 5.91. The molecule has 2 rings (SSSR count). The van der Waals surface area contributed by atoms with E-state index in [1.807, 2.05) is 0 Å². The van der Waals surface area contributed by atoms with E-state index in [9.17, 15) is 38.8 Å². The van der Waals surface area contributed by atoms with Crippen molar-refractivity contribution in [3.8, 4) is 0 Å². The van der Waals surface area contributed by atoms with Gasteiger partial charge in [0.15, 0.2) is 0 Å². The van der Waals surface area contributed by atoms with Crippen molar-refractivity contribution in [3.05, 3.63) is 0 Å². The third kappa shape index (κ3) is 3.07. The molecule has 0 aromatic carbocycles. The number of hydrogen-bond acceptors (Lipinski definition) is 5. The van der Waals surface area contributed by atoms with Crippen LogP contribution in [0.1, 0.15) is 32.1 Å². The van der Waals surface area contributed by atoms with Crippen molar-refractivity contribution in [1.29, 1.82) is 0 Å². The summed E-state index contributed by atoms with van der Waals surface area (Å²) in [5.41, 5.74) is -6.22. The smallest absolute Gasteiger partial charge is 0.285 e. The molecule has 1 N–H and O–H groups in total. The number of nitrogens with zero attached hydrogens (tertiary/aromatic N) is 1. The third-order valence-corrected chi connectivity index (χ3v) is 7.97. The molecule has 0 heterocycles. The van der Waals surface area contributed by atoms with Gasteiger partial charge in [-0.2, -0.15) is 30.4 Å². The fraction of sp³-hybridized carbons (Fsp3) is 1.00. The second-order valence-corrected chi connectivity index (χ2v) is 9.79. The minimum Gasteiger partial charge on any atom is -0.285 e. The van der Waals surface area contributed by atoms with E-state index in [4.69, 9.17) is 5.21 Å². The number of alkyl halides is 5. The van der Waals surface area contributed by atoms with Gasteiger partial charge in [-0.1, -0.05) is 6.42 Å². The lowest BCUT2D eigenvalue weighted by Gasteiger charge is -2.28. The lowest BCUT2D eigenvalue weighted by Crippen LogP contribution is -2.49. The van der Waals surface area contributed by atoms with Crippen molar-refractivity contribution in [2.24, 2.45) is 17.8 Å². The summed E-state index contributed by atoms with van der Waals surface area (Å²) in [6.45, 7) is 0. The molecule has 23 heavy (non-hydrogen) atoms. The molecular formula is C10H14F5NO5S2. The summed E-state index contributed by atoms with van der Waals surface area (Å²) in [6, 6.07) is 0. The first-order valence-electron chi connectivity index (χ1n) is 6.63. The van der Waals surface area contributed by atoms with Crippen molar-refractivity contribution in [3.63, 3.8) is 0 Å². The highest BCUT2D eigenvalue weighted by molar-refractivity contribution is 8.04. The van der Waals surface area contributed by atoms with E-state index in [2.05, 4.69) is 0 Å². The highest BCUT2D eigenvalue weighted by Gasteiger charge is 2.62. The van der Waals surface area contributed by atoms with E-state index < -0.39 is 47.0 Å². The van der Waals surface area contributed by atoms with Gasteiger partial charge in [-0.05, 0) is 37.0 Å². The molecule has 0 radical (unpaired) electrons. The Balaban J connectivity index is 2.23. The van der Waals surface area contributed by atoms with Crippen molar-refractivity contribution in [2.75, 3.05) is 0 Å². The minimum atomic E-state index is -6.84. The molecule has 0 saturated heterocycles. The fourth-order valence-electron chi connectivity index (χ4n) is 3.37. The summed E-state index contributed by atoms with van der Waals surface area (Å²) >= 11 is 0. The SMILES string of the molecule is O=S(=O)(N(O)S(=O)(=O)C(F)(F)CC1CC2CCC1C2)C(F)(F)F.